The minimum Gasteiger partial charge on any atom is -0.478 e. The van der Waals surface area contributed by atoms with Gasteiger partial charge in [-0.05, 0) is 36.4 Å². The highest BCUT2D eigenvalue weighted by molar-refractivity contribution is 6.01. The second-order valence-corrected chi connectivity index (χ2v) is 5.52. The molecule has 134 valence electrons. The number of nitrogens with zero attached hydrogens (tertiary/aromatic N) is 1. The molecule has 0 spiro atoms. The lowest BCUT2D eigenvalue weighted by atomic mass is 10.1. The first-order valence-corrected chi connectivity index (χ1v) is 7.93. The van der Waals surface area contributed by atoms with E-state index >= 15 is 0 Å². The maximum atomic E-state index is 12.1. The lowest BCUT2D eigenvalue weighted by Gasteiger charge is -2.01. The first-order chi connectivity index (χ1) is 13.1. The molecule has 0 radical (unpaired) electrons. The predicted octanol–water partition coefficient (Wildman–Crippen LogP) is 3.46. The molecule has 2 heterocycles. The topological polar surface area (TPSA) is 116 Å². The maximum Gasteiger partial charge on any atom is 0.335 e. The summed E-state index contributed by atoms with van der Waals surface area (Å²) in [6.45, 7) is 0.171. The summed E-state index contributed by atoms with van der Waals surface area (Å²) in [5.41, 5.74) is 0.745. The highest BCUT2D eigenvalue weighted by atomic mass is 16.4. The van der Waals surface area contributed by atoms with Crippen LogP contribution in [0.3, 0.4) is 0 Å². The summed E-state index contributed by atoms with van der Waals surface area (Å²) in [5.74, 6) is -0.157. The molecule has 1 amide bonds. The molecule has 0 bridgehead atoms. The Kier molecular flexibility index (Phi) is 5.19. The van der Waals surface area contributed by atoms with E-state index in [1.807, 2.05) is 6.07 Å². The van der Waals surface area contributed by atoms with Crippen molar-refractivity contribution in [2.45, 2.75) is 6.54 Å². The molecule has 0 aliphatic rings. The van der Waals surface area contributed by atoms with Gasteiger partial charge in [0.2, 0.25) is 0 Å². The molecule has 3 rings (SSSR count). The number of carboxylic acids is 1. The van der Waals surface area contributed by atoms with Crippen LogP contribution in [0.25, 0.3) is 17.4 Å². The van der Waals surface area contributed by atoms with Crippen molar-refractivity contribution >= 4 is 18.0 Å². The van der Waals surface area contributed by atoms with Crippen molar-refractivity contribution in [3.8, 4) is 17.4 Å². The second-order valence-electron chi connectivity index (χ2n) is 5.52. The fourth-order valence-corrected chi connectivity index (χ4v) is 2.33. The normalized spacial score (nSPS) is 11.0. The van der Waals surface area contributed by atoms with Crippen LogP contribution in [0, 0.1) is 11.3 Å². The first-order valence-electron chi connectivity index (χ1n) is 7.93. The van der Waals surface area contributed by atoms with Gasteiger partial charge in [0, 0.05) is 11.6 Å². The van der Waals surface area contributed by atoms with Gasteiger partial charge in [-0.15, -0.1) is 0 Å². The third-order valence-corrected chi connectivity index (χ3v) is 3.70. The quantitative estimate of drug-likeness (QED) is 0.512. The number of hydrogen-bond acceptors (Lipinski definition) is 5. The summed E-state index contributed by atoms with van der Waals surface area (Å²) in [5, 5.41) is 20.7. The van der Waals surface area contributed by atoms with E-state index in [4.69, 9.17) is 13.9 Å². The van der Waals surface area contributed by atoms with Crippen LogP contribution in [-0.4, -0.2) is 17.0 Å². The largest absolute Gasteiger partial charge is 0.478 e. The van der Waals surface area contributed by atoms with E-state index in [9.17, 15) is 14.9 Å². The average molecular weight is 362 g/mol. The van der Waals surface area contributed by atoms with Crippen molar-refractivity contribution in [1.29, 1.82) is 5.26 Å². The molecule has 1 aromatic carbocycles. The fraction of sp³-hybridized carbons (Fsp3) is 0.0500. The van der Waals surface area contributed by atoms with Crippen LogP contribution in [0.5, 0.6) is 0 Å². The van der Waals surface area contributed by atoms with E-state index in [1.54, 1.807) is 36.4 Å². The molecular formula is C20H14N2O5. The molecule has 2 N–H and O–H groups in total. The number of carboxylic acid groups (broad SMARTS) is 1. The van der Waals surface area contributed by atoms with Gasteiger partial charge in [0.1, 0.15) is 28.9 Å². The highest BCUT2D eigenvalue weighted by Gasteiger charge is 2.12. The van der Waals surface area contributed by atoms with E-state index in [0.717, 1.165) is 0 Å². The Morgan fingerprint density at radius 3 is 2.56 bits per heavy atom. The Morgan fingerprint density at radius 1 is 1.15 bits per heavy atom. The molecule has 7 nitrogen and oxygen atoms in total. The number of rotatable bonds is 6. The molecule has 3 aromatic rings. The van der Waals surface area contributed by atoms with Crippen LogP contribution < -0.4 is 5.32 Å². The van der Waals surface area contributed by atoms with Crippen molar-refractivity contribution < 1.29 is 23.5 Å². The lowest BCUT2D eigenvalue weighted by molar-refractivity contribution is -0.117. The van der Waals surface area contributed by atoms with Crippen molar-refractivity contribution in [1.82, 2.24) is 5.32 Å². The predicted molar refractivity (Wildman–Crippen MR) is 95.2 cm³/mol. The summed E-state index contributed by atoms with van der Waals surface area (Å²) in [4.78, 5) is 23.0. The number of nitrogens with one attached hydrogen (secondary N) is 1. The summed E-state index contributed by atoms with van der Waals surface area (Å²) in [6, 6.07) is 14.7. The van der Waals surface area contributed by atoms with Gasteiger partial charge in [0.15, 0.2) is 0 Å². The Hall–Kier alpha value is -4.05. The number of carbonyl (C=O) groups excluding carboxylic acids is 1. The summed E-state index contributed by atoms with van der Waals surface area (Å²) in [7, 11) is 0. The molecule has 0 saturated heterocycles. The van der Waals surface area contributed by atoms with E-state index < -0.39 is 11.9 Å². The van der Waals surface area contributed by atoms with Gasteiger partial charge < -0.3 is 19.3 Å². The fourth-order valence-electron chi connectivity index (χ4n) is 2.33. The molecule has 2 aromatic heterocycles. The number of aromatic carboxylic acids is 1. The molecule has 0 unspecified atom stereocenters. The number of amides is 1. The van der Waals surface area contributed by atoms with Crippen LogP contribution in [0.1, 0.15) is 21.9 Å². The van der Waals surface area contributed by atoms with Crippen LogP contribution in [0.2, 0.25) is 0 Å². The van der Waals surface area contributed by atoms with Crippen LogP contribution >= 0.6 is 0 Å². The molecular weight excluding hydrogens is 348 g/mol. The zero-order valence-electron chi connectivity index (χ0n) is 14.0. The average Bonchev–Trinajstić information content (AvgIpc) is 3.36. The van der Waals surface area contributed by atoms with Crippen molar-refractivity contribution in [3.63, 3.8) is 0 Å². The van der Waals surface area contributed by atoms with Gasteiger partial charge in [-0.2, -0.15) is 5.26 Å². The van der Waals surface area contributed by atoms with E-state index in [1.165, 1.54) is 24.5 Å². The van der Waals surface area contributed by atoms with Crippen molar-refractivity contribution in [2.75, 3.05) is 0 Å². The van der Waals surface area contributed by atoms with Crippen LogP contribution in [-0.2, 0) is 11.3 Å². The Morgan fingerprint density at radius 2 is 1.93 bits per heavy atom. The third kappa shape index (κ3) is 4.32. The summed E-state index contributed by atoms with van der Waals surface area (Å²) < 4.78 is 10.7. The van der Waals surface area contributed by atoms with Crippen molar-refractivity contribution in [3.05, 3.63) is 77.5 Å². The van der Waals surface area contributed by atoms with Gasteiger partial charge in [-0.25, -0.2) is 4.79 Å². The van der Waals surface area contributed by atoms with Crippen molar-refractivity contribution in [2.24, 2.45) is 0 Å². The maximum absolute atomic E-state index is 12.1. The van der Waals surface area contributed by atoms with Gasteiger partial charge in [-0.1, -0.05) is 12.1 Å². The number of hydrogen-bond donors (Lipinski definition) is 2. The Balaban J connectivity index is 1.72. The Labute approximate surface area is 154 Å². The van der Waals surface area contributed by atoms with Gasteiger partial charge in [0.25, 0.3) is 5.91 Å². The summed E-state index contributed by atoms with van der Waals surface area (Å²) >= 11 is 0. The molecule has 27 heavy (non-hydrogen) atoms. The monoisotopic (exact) mass is 362 g/mol. The lowest BCUT2D eigenvalue weighted by Crippen LogP contribution is -2.23. The highest BCUT2D eigenvalue weighted by Crippen LogP contribution is 2.24. The van der Waals surface area contributed by atoms with Crippen LogP contribution in [0.15, 0.2) is 69.2 Å². The number of furan rings is 2. The number of nitriles is 1. The van der Waals surface area contributed by atoms with Gasteiger partial charge in [0.05, 0.1) is 18.4 Å². The van der Waals surface area contributed by atoms with E-state index in [2.05, 4.69) is 5.32 Å². The second kappa shape index (κ2) is 7.89. The molecule has 0 aliphatic carbocycles. The number of benzene rings is 1. The van der Waals surface area contributed by atoms with Gasteiger partial charge in [-0.3, -0.25) is 4.79 Å². The zero-order chi connectivity index (χ0) is 19.2. The Bertz CT molecular complexity index is 1020. The van der Waals surface area contributed by atoms with Gasteiger partial charge >= 0.3 is 5.97 Å². The minimum absolute atomic E-state index is 0.108. The first kappa shape index (κ1) is 17.8. The standard InChI is InChI=1S/C20H14N2O5/c21-11-15(19(23)22-12-17-2-1-9-26-17)10-16-7-8-18(27-16)13-3-5-14(6-4-13)20(24)25/h1-10H,12H2,(H,22,23)(H,24,25)/b15-10-. The van der Waals surface area contributed by atoms with Crippen LogP contribution in [0.4, 0.5) is 0 Å². The smallest absolute Gasteiger partial charge is 0.335 e. The molecule has 0 aliphatic heterocycles. The van der Waals surface area contributed by atoms with E-state index in [0.29, 0.717) is 22.8 Å². The van der Waals surface area contributed by atoms with E-state index in [-0.39, 0.29) is 17.7 Å². The zero-order valence-corrected chi connectivity index (χ0v) is 14.0. The third-order valence-electron chi connectivity index (χ3n) is 3.70. The molecule has 0 saturated carbocycles. The minimum atomic E-state index is -1.01. The molecule has 0 fully saturated rings. The molecule has 7 heteroatoms. The summed E-state index contributed by atoms with van der Waals surface area (Å²) in [6.07, 6.45) is 2.84. The molecule has 0 atom stereocenters. The SMILES string of the molecule is N#C/C(=C/c1ccc(-c2ccc(C(=O)O)cc2)o1)C(=O)NCc1ccco1. The number of carbonyl (C=O) groups is 2.